The summed E-state index contributed by atoms with van der Waals surface area (Å²) in [5.41, 5.74) is 11.7. The molecule has 1 amide bonds. The molecule has 1 aromatic heterocycles. The molecule has 1 aliphatic rings. The number of nitrogens with two attached hydrogens (primary N) is 2. The van der Waals surface area contributed by atoms with E-state index in [0.717, 1.165) is 19.3 Å². The number of methoxy groups -OCH3 is 1. The SMILES string of the molecule is COc1ccc(C(N)=O)c(O[C@H](C)CC2(C)CC(N)C2)n1. The summed E-state index contributed by atoms with van der Waals surface area (Å²) >= 11 is 0. The van der Waals surface area contributed by atoms with Crippen LogP contribution in [0.5, 0.6) is 11.8 Å². The zero-order chi connectivity index (χ0) is 15.6. The van der Waals surface area contributed by atoms with Gasteiger partial charge in [-0.25, -0.2) is 0 Å². The van der Waals surface area contributed by atoms with E-state index in [1.165, 1.54) is 7.11 Å². The number of amides is 1. The number of aromatic nitrogens is 1. The van der Waals surface area contributed by atoms with Crippen LogP contribution < -0.4 is 20.9 Å². The third kappa shape index (κ3) is 3.64. The molecular weight excluding hydrogens is 270 g/mol. The number of rotatable bonds is 6. The van der Waals surface area contributed by atoms with Crippen molar-refractivity contribution in [2.24, 2.45) is 16.9 Å². The van der Waals surface area contributed by atoms with Crippen LogP contribution >= 0.6 is 0 Å². The molecule has 116 valence electrons. The van der Waals surface area contributed by atoms with Crippen LogP contribution in [0.25, 0.3) is 0 Å². The van der Waals surface area contributed by atoms with E-state index in [1.54, 1.807) is 12.1 Å². The van der Waals surface area contributed by atoms with Crippen molar-refractivity contribution < 1.29 is 14.3 Å². The van der Waals surface area contributed by atoms with Crippen molar-refractivity contribution in [2.45, 2.75) is 45.3 Å². The van der Waals surface area contributed by atoms with Crippen molar-refractivity contribution in [3.05, 3.63) is 17.7 Å². The molecule has 0 radical (unpaired) electrons. The van der Waals surface area contributed by atoms with Crippen molar-refractivity contribution in [1.29, 1.82) is 0 Å². The van der Waals surface area contributed by atoms with E-state index in [-0.39, 0.29) is 23.0 Å². The average Bonchev–Trinajstić information content (AvgIpc) is 2.36. The molecule has 0 unspecified atom stereocenters. The molecule has 1 fully saturated rings. The van der Waals surface area contributed by atoms with Gasteiger partial charge in [0.1, 0.15) is 5.56 Å². The highest BCUT2D eigenvalue weighted by atomic mass is 16.5. The number of hydrogen-bond acceptors (Lipinski definition) is 5. The lowest BCUT2D eigenvalue weighted by atomic mass is 9.64. The maximum Gasteiger partial charge on any atom is 0.254 e. The van der Waals surface area contributed by atoms with Crippen LogP contribution in [0, 0.1) is 5.41 Å². The molecule has 6 heteroatoms. The summed E-state index contributed by atoms with van der Waals surface area (Å²) in [6.45, 7) is 4.16. The number of ether oxygens (including phenoxy) is 2. The fourth-order valence-corrected chi connectivity index (χ4v) is 3.11. The van der Waals surface area contributed by atoms with Crippen LogP contribution in [-0.2, 0) is 0 Å². The van der Waals surface area contributed by atoms with Gasteiger partial charge < -0.3 is 20.9 Å². The first kappa shape index (κ1) is 15.6. The highest BCUT2D eigenvalue weighted by Gasteiger charge is 2.39. The topological polar surface area (TPSA) is 100 Å². The van der Waals surface area contributed by atoms with Gasteiger partial charge >= 0.3 is 0 Å². The molecule has 1 aromatic rings. The Kier molecular flexibility index (Phi) is 4.37. The molecule has 0 spiro atoms. The molecule has 1 aliphatic carbocycles. The van der Waals surface area contributed by atoms with Gasteiger partial charge in [0.25, 0.3) is 5.91 Å². The third-order valence-electron chi connectivity index (χ3n) is 3.91. The first-order chi connectivity index (χ1) is 9.83. The smallest absolute Gasteiger partial charge is 0.254 e. The largest absolute Gasteiger partial charge is 0.481 e. The molecule has 1 atom stereocenters. The predicted molar refractivity (Wildman–Crippen MR) is 79.3 cm³/mol. The lowest BCUT2D eigenvalue weighted by Crippen LogP contribution is -2.46. The Morgan fingerprint density at radius 1 is 1.52 bits per heavy atom. The standard InChI is InChI=1S/C15H23N3O3/c1-9(6-15(2)7-10(16)8-15)21-14-11(13(17)19)4-5-12(18-14)20-3/h4-5,9-10H,6-8,16H2,1-3H3,(H2,17,19)/t9-,10?,15?/m1/s1. The summed E-state index contributed by atoms with van der Waals surface area (Å²) in [6, 6.07) is 3.44. The summed E-state index contributed by atoms with van der Waals surface area (Å²) in [5.74, 6) is 0.0462. The van der Waals surface area contributed by atoms with Gasteiger partial charge in [-0.1, -0.05) is 6.92 Å². The third-order valence-corrected chi connectivity index (χ3v) is 3.91. The van der Waals surface area contributed by atoms with Gasteiger partial charge in [-0.05, 0) is 37.7 Å². The number of carbonyl (C=O) groups is 1. The van der Waals surface area contributed by atoms with Crippen LogP contribution in [-0.4, -0.2) is 30.1 Å². The molecule has 0 aliphatic heterocycles. The number of pyridine rings is 1. The van der Waals surface area contributed by atoms with Gasteiger partial charge in [0.2, 0.25) is 11.8 Å². The van der Waals surface area contributed by atoms with Crippen LogP contribution in [0.1, 0.15) is 43.5 Å². The Bertz CT molecular complexity index is 527. The fraction of sp³-hybridized carbons (Fsp3) is 0.600. The zero-order valence-electron chi connectivity index (χ0n) is 12.8. The maximum atomic E-state index is 11.4. The van der Waals surface area contributed by atoms with E-state index in [1.807, 2.05) is 6.92 Å². The van der Waals surface area contributed by atoms with E-state index in [0.29, 0.717) is 11.9 Å². The summed E-state index contributed by atoms with van der Waals surface area (Å²) in [7, 11) is 1.51. The minimum atomic E-state index is -0.566. The normalized spacial score (nSPS) is 25.8. The van der Waals surface area contributed by atoms with Crippen molar-refractivity contribution in [1.82, 2.24) is 4.98 Å². The second-order valence-corrected chi connectivity index (χ2v) is 6.18. The Hall–Kier alpha value is -1.82. The zero-order valence-corrected chi connectivity index (χ0v) is 12.8. The fourth-order valence-electron chi connectivity index (χ4n) is 3.11. The van der Waals surface area contributed by atoms with E-state index in [4.69, 9.17) is 20.9 Å². The first-order valence-corrected chi connectivity index (χ1v) is 7.10. The molecule has 0 saturated heterocycles. The van der Waals surface area contributed by atoms with Crippen molar-refractivity contribution in [3.63, 3.8) is 0 Å². The molecule has 0 bridgehead atoms. The molecule has 1 heterocycles. The Morgan fingerprint density at radius 3 is 2.71 bits per heavy atom. The summed E-state index contributed by atoms with van der Waals surface area (Å²) in [4.78, 5) is 15.6. The van der Waals surface area contributed by atoms with E-state index < -0.39 is 5.91 Å². The minimum Gasteiger partial charge on any atom is -0.481 e. The van der Waals surface area contributed by atoms with Crippen LogP contribution in [0.15, 0.2) is 12.1 Å². The lowest BCUT2D eigenvalue weighted by molar-refractivity contribution is 0.0576. The van der Waals surface area contributed by atoms with Gasteiger partial charge in [-0.2, -0.15) is 4.98 Å². The second kappa shape index (κ2) is 5.89. The minimum absolute atomic E-state index is 0.0831. The van der Waals surface area contributed by atoms with E-state index in [9.17, 15) is 4.79 Å². The van der Waals surface area contributed by atoms with Crippen molar-refractivity contribution in [3.8, 4) is 11.8 Å². The average molecular weight is 293 g/mol. The van der Waals surface area contributed by atoms with Gasteiger partial charge in [-0.3, -0.25) is 4.79 Å². The van der Waals surface area contributed by atoms with Gasteiger partial charge in [-0.15, -0.1) is 0 Å². The van der Waals surface area contributed by atoms with Crippen LogP contribution in [0.4, 0.5) is 0 Å². The highest BCUT2D eigenvalue weighted by Crippen LogP contribution is 2.43. The first-order valence-electron chi connectivity index (χ1n) is 7.10. The van der Waals surface area contributed by atoms with Gasteiger partial charge in [0.15, 0.2) is 0 Å². The van der Waals surface area contributed by atoms with Gasteiger partial charge in [0, 0.05) is 12.1 Å². The van der Waals surface area contributed by atoms with Crippen LogP contribution in [0.2, 0.25) is 0 Å². The number of carbonyl (C=O) groups excluding carboxylic acids is 1. The van der Waals surface area contributed by atoms with Crippen molar-refractivity contribution in [2.75, 3.05) is 7.11 Å². The van der Waals surface area contributed by atoms with Gasteiger partial charge in [0.05, 0.1) is 13.2 Å². The molecule has 6 nitrogen and oxygen atoms in total. The molecule has 4 N–H and O–H groups in total. The molecule has 2 rings (SSSR count). The number of nitrogens with zero attached hydrogens (tertiary/aromatic N) is 1. The lowest BCUT2D eigenvalue weighted by Gasteiger charge is -2.44. The van der Waals surface area contributed by atoms with E-state index >= 15 is 0 Å². The predicted octanol–water partition coefficient (Wildman–Crippen LogP) is 1.47. The monoisotopic (exact) mass is 293 g/mol. The Morgan fingerprint density at radius 2 is 2.19 bits per heavy atom. The number of hydrogen-bond donors (Lipinski definition) is 2. The molecule has 0 aromatic carbocycles. The quantitative estimate of drug-likeness (QED) is 0.827. The molecule has 1 saturated carbocycles. The van der Waals surface area contributed by atoms with E-state index in [2.05, 4.69) is 11.9 Å². The Labute approximate surface area is 124 Å². The number of primary amides is 1. The maximum absolute atomic E-state index is 11.4. The molecular formula is C15H23N3O3. The second-order valence-electron chi connectivity index (χ2n) is 6.18. The summed E-state index contributed by atoms with van der Waals surface area (Å²) < 4.78 is 10.9. The summed E-state index contributed by atoms with van der Waals surface area (Å²) in [5, 5.41) is 0. The Balaban J connectivity index is 2.08. The highest BCUT2D eigenvalue weighted by molar-refractivity contribution is 5.95. The van der Waals surface area contributed by atoms with Crippen LogP contribution in [0.3, 0.4) is 0 Å². The van der Waals surface area contributed by atoms with Crippen molar-refractivity contribution >= 4 is 5.91 Å². The summed E-state index contributed by atoms with van der Waals surface area (Å²) in [6.07, 6.45) is 2.77. The molecule has 21 heavy (non-hydrogen) atoms.